The van der Waals surface area contributed by atoms with Crippen molar-refractivity contribution >= 4 is 32.4 Å². The van der Waals surface area contributed by atoms with Gasteiger partial charge in [-0.3, -0.25) is 4.84 Å². The molecule has 1 fully saturated rings. The maximum absolute atomic E-state index is 6.26. The van der Waals surface area contributed by atoms with Crippen LogP contribution >= 0.6 is 15.9 Å². The highest BCUT2D eigenvalue weighted by atomic mass is 79.9. The van der Waals surface area contributed by atoms with Crippen LogP contribution in [0.4, 0.5) is 5.69 Å². The molecular weight excluding hydrogens is 350 g/mol. The molecule has 1 saturated heterocycles. The molecule has 0 aromatic heterocycles. The number of benzene rings is 3. The number of hydrogen-bond donors (Lipinski definition) is 0. The fourth-order valence-corrected chi connectivity index (χ4v) is 4.55. The molecule has 3 aromatic rings. The summed E-state index contributed by atoms with van der Waals surface area (Å²) in [5.74, 6) is 0. The number of halogens is 1. The van der Waals surface area contributed by atoms with E-state index >= 15 is 0 Å². The van der Waals surface area contributed by atoms with Gasteiger partial charge in [0.1, 0.15) is 0 Å². The fraction of sp³-hybridized carbons (Fsp3) is 0.200. The van der Waals surface area contributed by atoms with Gasteiger partial charge in [0, 0.05) is 22.7 Å². The molecule has 2 bridgehead atoms. The van der Waals surface area contributed by atoms with Crippen LogP contribution in [0.3, 0.4) is 0 Å². The molecule has 0 N–H and O–H groups in total. The summed E-state index contributed by atoms with van der Waals surface area (Å²) >= 11 is 3.74. The smallest absolute Gasteiger partial charge is 0.0921 e. The number of rotatable bonds is 1. The number of fused-ring (bicyclic) bond motifs is 6. The van der Waals surface area contributed by atoms with E-state index in [1.807, 2.05) is 0 Å². The lowest BCUT2D eigenvalue weighted by molar-refractivity contribution is 0.0741. The zero-order valence-corrected chi connectivity index (χ0v) is 14.2. The second-order valence-electron chi connectivity index (χ2n) is 6.33. The van der Waals surface area contributed by atoms with E-state index in [1.165, 1.54) is 32.1 Å². The normalized spacial score (nSPS) is 22.4. The van der Waals surface area contributed by atoms with Crippen LogP contribution in [0.5, 0.6) is 0 Å². The number of nitrogens with zero attached hydrogens (tertiary/aromatic N) is 1. The third kappa shape index (κ3) is 2.03. The molecule has 2 aliphatic heterocycles. The van der Waals surface area contributed by atoms with Gasteiger partial charge in [-0.1, -0.05) is 70.5 Å². The summed E-state index contributed by atoms with van der Waals surface area (Å²) < 4.78 is 1.17. The quantitative estimate of drug-likeness (QED) is 0.571. The van der Waals surface area contributed by atoms with Gasteiger partial charge < -0.3 is 0 Å². The van der Waals surface area contributed by atoms with Gasteiger partial charge in [-0.25, -0.2) is 5.06 Å². The van der Waals surface area contributed by atoms with Crippen LogP contribution in [0.15, 0.2) is 65.1 Å². The van der Waals surface area contributed by atoms with E-state index in [-0.39, 0.29) is 6.10 Å². The Morgan fingerprint density at radius 2 is 1.70 bits per heavy atom. The molecule has 2 atom stereocenters. The molecule has 2 heterocycles. The van der Waals surface area contributed by atoms with Crippen LogP contribution in [0.2, 0.25) is 0 Å². The van der Waals surface area contributed by atoms with E-state index in [4.69, 9.17) is 4.84 Å². The topological polar surface area (TPSA) is 12.5 Å². The van der Waals surface area contributed by atoms with Gasteiger partial charge in [-0.15, -0.1) is 0 Å². The third-order valence-electron chi connectivity index (χ3n) is 4.93. The predicted molar refractivity (Wildman–Crippen MR) is 96.5 cm³/mol. The lowest BCUT2D eigenvalue weighted by Gasteiger charge is -2.31. The Kier molecular flexibility index (Phi) is 3.00. The van der Waals surface area contributed by atoms with Crippen molar-refractivity contribution in [3.05, 3.63) is 76.3 Å². The molecule has 0 aliphatic carbocycles. The zero-order valence-electron chi connectivity index (χ0n) is 12.6. The third-order valence-corrected chi connectivity index (χ3v) is 5.58. The molecule has 3 aromatic carbocycles. The molecule has 3 heteroatoms. The van der Waals surface area contributed by atoms with Gasteiger partial charge in [0.25, 0.3) is 0 Å². The molecule has 2 nitrogen and oxygen atoms in total. The second kappa shape index (κ2) is 5.08. The molecule has 2 aliphatic rings. The first-order chi connectivity index (χ1) is 11.3. The van der Waals surface area contributed by atoms with Crippen LogP contribution in [0.25, 0.3) is 10.8 Å². The van der Waals surface area contributed by atoms with Crippen LogP contribution in [-0.2, 0) is 11.3 Å². The molecular formula is C20H16BrNO. The van der Waals surface area contributed by atoms with E-state index in [0.29, 0.717) is 6.04 Å². The Hall–Kier alpha value is -1.84. The summed E-state index contributed by atoms with van der Waals surface area (Å²) in [7, 11) is 0. The molecule has 0 unspecified atom stereocenters. The number of hydrogen-bond acceptors (Lipinski definition) is 2. The first-order valence-corrected chi connectivity index (χ1v) is 8.81. The standard InChI is InChI=1S/C20H16BrNO/c21-18-11-14-10-15-12-19(13-6-2-1-3-7-13)22(23-15)20(14)17-9-5-4-8-16(17)18/h1-9,11,15,19H,10,12H2/t15-,19+/m0/s1. The van der Waals surface area contributed by atoms with Crippen LogP contribution in [-0.4, -0.2) is 6.10 Å². The molecule has 0 radical (unpaired) electrons. The average molecular weight is 366 g/mol. The highest BCUT2D eigenvalue weighted by molar-refractivity contribution is 9.10. The lowest BCUT2D eigenvalue weighted by atomic mass is 9.99. The highest BCUT2D eigenvalue weighted by Gasteiger charge is 2.41. The predicted octanol–water partition coefficient (Wildman–Crippen LogP) is 5.41. The Bertz CT molecular complexity index is 893. The van der Waals surface area contributed by atoms with E-state index < -0.39 is 0 Å². The Morgan fingerprint density at radius 1 is 0.957 bits per heavy atom. The molecule has 0 spiro atoms. The van der Waals surface area contributed by atoms with Crippen LogP contribution < -0.4 is 5.06 Å². The van der Waals surface area contributed by atoms with E-state index in [0.717, 1.165) is 12.8 Å². The van der Waals surface area contributed by atoms with Gasteiger partial charge in [-0.05, 0) is 22.6 Å². The van der Waals surface area contributed by atoms with Crippen molar-refractivity contribution in [1.82, 2.24) is 0 Å². The summed E-state index contributed by atoms with van der Waals surface area (Å²) in [6.45, 7) is 0. The molecule has 0 saturated carbocycles. The molecule has 114 valence electrons. The van der Waals surface area contributed by atoms with Crippen molar-refractivity contribution < 1.29 is 4.84 Å². The lowest BCUT2D eigenvalue weighted by Crippen LogP contribution is -2.27. The minimum Gasteiger partial charge on any atom is -0.269 e. The molecule has 5 rings (SSSR count). The van der Waals surface area contributed by atoms with Crippen molar-refractivity contribution in [3.63, 3.8) is 0 Å². The van der Waals surface area contributed by atoms with Gasteiger partial charge in [0.05, 0.1) is 17.8 Å². The maximum atomic E-state index is 6.26. The van der Waals surface area contributed by atoms with E-state index in [2.05, 4.69) is 81.7 Å². The highest BCUT2D eigenvalue weighted by Crippen LogP contribution is 2.48. The van der Waals surface area contributed by atoms with Crippen LogP contribution in [0, 0.1) is 0 Å². The van der Waals surface area contributed by atoms with Crippen LogP contribution in [0.1, 0.15) is 23.6 Å². The Labute approximate surface area is 143 Å². The van der Waals surface area contributed by atoms with E-state index in [9.17, 15) is 0 Å². The van der Waals surface area contributed by atoms with E-state index in [1.54, 1.807) is 0 Å². The second-order valence-corrected chi connectivity index (χ2v) is 7.19. The summed E-state index contributed by atoms with van der Waals surface area (Å²) in [5, 5.41) is 4.67. The van der Waals surface area contributed by atoms with Crippen molar-refractivity contribution in [2.24, 2.45) is 0 Å². The van der Waals surface area contributed by atoms with Crippen molar-refractivity contribution in [1.29, 1.82) is 0 Å². The first kappa shape index (κ1) is 13.6. The average Bonchev–Trinajstić information content (AvgIpc) is 2.93. The van der Waals surface area contributed by atoms with Gasteiger partial charge in [0.2, 0.25) is 0 Å². The SMILES string of the molecule is Brc1cc2c(c3ccccc13)N1O[C@@H](C2)C[C@@H]1c1ccccc1. The Morgan fingerprint density at radius 3 is 2.52 bits per heavy atom. The van der Waals surface area contributed by atoms with Crippen molar-refractivity contribution in [2.75, 3.05) is 5.06 Å². The number of anilines is 1. The fourth-order valence-electron chi connectivity index (χ4n) is 3.93. The molecule has 23 heavy (non-hydrogen) atoms. The summed E-state index contributed by atoms with van der Waals surface area (Å²) in [6.07, 6.45) is 2.31. The van der Waals surface area contributed by atoms with Crippen molar-refractivity contribution in [2.45, 2.75) is 25.0 Å². The zero-order chi connectivity index (χ0) is 15.4. The largest absolute Gasteiger partial charge is 0.269 e. The maximum Gasteiger partial charge on any atom is 0.0921 e. The molecule has 0 amide bonds. The Balaban J connectivity index is 1.73. The number of hydroxylamine groups is 1. The monoisotopic (exact) mass is 365 g/mol. The first-order valence-electron chi connectivity index (χ1n) is 8.02. The van der Waals surface area contributed by atoms with Gasteiger partial charge in [0.15, 0.2) is 0 Å². The van der Waals surface area contributed by atoms with Gasteiger partial charge in [-0.2, -0.15) is 0 Å². The minimum absolute atomic E-state index is 0.278. The minimum atomic E-state index is 0.278. The van der Waals surface area contributed by atoms with Gasteiger partial charge >= 0.3 is 0 Å². The van der Waals surface area contributed by atoms with Crippen molar-refractivity contribution in [3.8, 4) is 0 Å². The summed E-state index contributed by atoms with van der Waals surface area (Å²) in [4.78, 5) is 6.26. The summed E-state index contributed by atoms with van der Waals surface area (Å²) in [5.41, 5.74) is 3.95. The summed E-state index contributed by atoms with van der Waals surface area (Å²) in [6, 6.07) is 21.8.